The Labute approximate surface area is 145 Å². The molecule has 0 saturated heterocycles. The van der Waals surface area contributed by atoms with Crippen LogP contribution in [0.1, 0.15) is 12.5 Å². The molecule has 0 saturated carbocycles. The summed E-state index contributed by atoms with van der Waals surface area (Å²) in [5.41, 5.74) is 3.74. The fourth-order valence-corrected chi connectivity index (χ4v) is 2.01. The van der Waals surface area contributed by atoms with Crippen molar-refractivity contribution in [1.29, 1.82) is 0 Å². The summed E-state index contributed by atoms with van der Waals surface area (Å²) in [6, 6.07) is 10.9. The summed E-state index contributed by atoms with van der Waals surface area (Å²) in [7, 11) is 3.09. The number of amides is 1. The molecule has 7 heteroatoms. The first kappa shape index (κ1) is 18.3. The maximum atomic E-state index is 13.0. The van der Waals surface area contributed by atoms with Gasteiger partial charge in [-0.3, -0.25) is 4.79 Å². The number of benzene rings is 2. The number of hydrazone groups is 1. The summed E-state index contributed by atoms with van der Waals surface area (Å²) in [4.78, 5) is 11.8. The Morgan fingerprint density at radius 3 is 2.56 bits per heavy atom. The van der Waals surface area contributed by atoms with E-state index < -0.39 is 11.7 Å². The number of halogens is 1. The second-order valence-electron chi connectivity index (χ2n) is 5.05. The zero-order valence-corrected chi connectivity index (χ0v) is 14.2. The standard InChI is InChI=1S/C18H19FN2O4/c1-12(13-7-8-16(23-2)17(9-13)24-3)20-21-18(22)11-25-15-6-4-5-14(19)10-15/h4-10H,11H2,1-3H3,(H,21,22)/b20-12-. The molecule has 0 unspecified atom stereocenters. The lowest BCUT2D eigenvalue weighted by molar-refractivity contribution is -0.123. The van der Waals surface area contributed by atoms with Crippen molar-refractivity contribution < 1.29 is 23.4 Å². The molecular weight excluding hydrogens is 327 g/mol. The number of nitrogens with one attached hydrogen (secondary N) is 1. The van der Waals surface area contributed by atoms with Crippen molar-refractivity contribution in [2.24, 2.45) is 5.10 Å². The number of nitrogens with zero attached hydrogens (tertiary/aromatic N) is 1. The van der Waals surface area contributed by atoms with Gasteiger partial charge < -0.3 is 14.2 Å². The van der Waals surface area contributed by atoms with Crippen molar-refractivity contribution in [2.75, 3.05) is 20.8 Å². The van der Waals surface area contributed by atoms with Crippen LogP contribution in [0.4, 0.5) is 4.39 Å². The lowest BCUT2D eigenvalue weighted by Crippen LogP contribution is -2.25. The lowest BCUT2D eigenvalue weighted by Gasteiger charge is -2.09. The van der Waals surface area contributed by atoms with E-state index in [-0.39, 0.29) is 12.4 Å². The molecule has 0 aromatic heterocycles. The van der Waals surface area contributed by atoms with Crippen LogP contribution in [0.3, 0.4) is 0 Å². The Kier molecular flexibility index (Phi) is 6.33. The Morgan fingerprint density at radius 2 is 1.88 bits per heavy atom. The highest BCUT2D eigenvalue weighted by Gasteiger charge is 2.07. The minimum atomic E-state index is -0.455. The topological polar surface area (TPSA) is 69.2 Å². The largest absolute Gasteiger partial charge is 0.493 e. The van der Waals surface area contributed by atoms with Crippen molar-refractivity contribution in [3.63, 3.8) is 0 Å². The summed E-state index contributed by atoms with van der Waals surface area (Å²) in [6.07, 6.45) is 0. The molecular formula is C18H19FN2O4. The SMILES string of the molecule is COc1ccc(/C(C)=N\NC(=O)COc2cccc(F)c2)cc1OC. The molecule has 2 aromatic rings. The van der Waals surface area contributed by atoms with Gasteiger partial charge in [-0.15, -0.1) is 0 Å². The van der Waals surface area contributed by atoms with E-state index in [1.165, 1.54) is 18.2 Å². The summed E-state index contributed by atoms with van der Waals surface area (Å²) in [5, 5.41) is 4.02. The Hall–Kier alpha value is -3.09. The number of carbonyl (C=O) groups is 1. The molecule has 0 heterocycles. The Balaban J connectivity index is 1.95. The predicted octanol–water partition coefficient (Wildman–Crippen LogP) is 2.76. The molecule has 0 spiro atoms. The minimum absolute atomic E-state index is 0.272. The van der Waals surface area contributed by atoms with Crippen molar-refractivity contribution in [1.82, 2.24) is 5.43 Å². The average molecular weight is 346 g/mol. The van der Waals surface area contributed by atoms with Crippen molar-refractivity contribution in [3.8, 4) is 17.2 Å². The normalized spacial score (nSPS) is 11.0. The molecule has 1 amide bonds. The first-order chi connectivity index (χ1) is 12.0. The molecule has 0 radical (unpaired) electrons. The van der Waals surface area contributed by atoms with E-state index in [9.17, 15) is 9.18 Å². The first-order valence-corrected chi connectivity index (χ1v) is 7.47. The average Bonchev–Trinajstić information content (AvgIpc) is 2.63. The molecule has 0 fully saturated rings. The van der Waals surface area contributed by atoms with Gasteiger partial charge in [-0.2, -0.15) is 5.10 Å². The van der Waals surface area contributed by atoms with E-state index >= 15 is 0 Å². The van der Waals surface area contributed by atoms with Gasteiger partial charge >= 0.3 is 0 Å². The van der Waals surface area contributed by atoms with Gasteiger partial charge in [0.1, 0.15) is 11.6 Å². The quantitative estimate of drug-likeness (QED) is 0.618. The van der Waals surface area contributed by atoms with Crippen molar-refractivity contribution >= 4 is 11.6 Å². The smallest absolute Gasteiger partial charge is 0.277 e. The Morgan fingerprint density at radius 1 is 1.12 bits per heavy atom. The number of hydrogen-bond acceptors (Lipinski definition) is 5. The van der Waals surface area contributed by atoms with E-state index in [1.54, 1.807) is 45.4 Å². The fourth-order valence-electron chi connectivity index (χ4n) is 2.01. The van der Waals surface area contributed by atoms with Gasteiger partial charge in [0.05, 0.1) is 19.9 Å². The molecule has 25 heavy (non-hydrogen) atoms. The fraction of sp³-hybridized carbons (Fsp3) is 0.222. The van der Waals surface area contributed by atoms with Gasteiger partial charge in [0, 0.05) is 11.6 Å². The van der Waals surface area contributed by atoms with Crippen LogP contribution in [0, 0.1) is 5.82 Å². The zero-order valence-electron chi connectivity index (χ0n) is 14.2. The van der Waals surface area contributed by atoms with Crippen LogP contribution in [0.2, 0.25) is 0 Å². The second-order valence-corrected chi connectivity index (χ2v) is 5.05. The van der Waals surface area contributed by atoms with E-state index in [0.717, 1.165) is 5.56 Å². The third-order valence-corrected chi connectivity index (χ3v) is 3.32. The molecule has 2 rings (SSSR count). The van der Waals surface area contributed by atoms with Crippen LogP contribution in [0.25, 0.3) is 0 Å². The number of methoxy groups -OCH3 is 2. The monoisotopic (exact) mass is 346 g/mol. The van der Waals surface area contributed by atoms with Gasteiger partial charge in [-0.1, -0.05) is 6.07 Å². The summed E-state index contributed by atoms with van der Waals surface area (Å²) >= 11 is 0. The van der Waals surface area contributed by atoms with Gasteiger partial charge in [-0.25, -0.2) is 9.82 Å². The molecule has 0 bridgehead atoms. The molecule has 6 nitrogen and oxygen atoms in total. The van der Waals surface area contributed by atoms with E-state index in [2.05, 4.69) is 10.5 Å². The van der Waals surface area contributed by atoms with Gasteiger partial charge in [-0.05, 0) is 37.3 Å². The van der Waals surface area contributed by atoms with E-state index in [1.807, 2.05) is 0 Å². The highest BCUT2D eigenvalue weighted by atomic mass is 19.1. The summed E-state index contributed by atoms with van der Waals surface area (Å²) in [6.45, 7) is 1.47. The molecule has 0 aliphatic rings. The Bertz CT molecular complexity index is 777. The number of ether oxygens (including phenoxy) is 3. The molecule has 0 atom stereocenters. The van der Waals surface area contributed by atoms with Crippen molar-refractivity contribution in [2.45, 2.75) is 6.92 Å². The highest BCUT2D eigenvalue weighted by Crippen LogP contribution is 2.27. The van der Waals surface area contributed by atoms with Gasteiger partial charge in [0.15, 0.2) is 18.1 Å². The van der Waals surface area contributed by atoms with E-state index in [4.69, 9.17) is 14.2 Å². The van der Waals surface area contributed by atoms with Gasteiger partial charge in [0.2, 0.25) is 0 Å². The van der Waals surface area contributed by atoms with Crippen LogP contribution in [-0.4, -0.2) is 32.4 Å². The third kappa shape index (κ3) is 5.20. The van der Waals surface area contributed by atoms with Crippen LogP contribution in [-0.2, 0) is 4.79 Å². The van der Waals surface area contributed by atoms with Crippen molar-refractivity contribution in [3.05, 3.63) is 53.8 Å². The van der Waals surface area contributed by atoms with Gasteiger partial charge in [0.25, 0.3) is 5.91 Å². The molecule has 1 N–H and O–H groups in total. The molecule has 132 valence electrons. The molecule has 0 aliphatic heterocycles. The first-order valence-electron chi connectivity index (χ1n) is 7.47. The summed E-state index contributed by atoms with van der Waals surface area (Å²) in [5.74, 6) is 0.557. The maximum absolute atomic E-state index is 13.0. The van der Waals surface area contributed by atoms with Crippen LogP contribution in [0.15, 0.2) is 47.6 Å². The predicted molar refractivity (Wildman–Crippen MR) is 91.8 cm³/mol. The summed E-state index contributed by atoms with van der Waals surface area (Å²) < 4.78 is 28.6. The minimum Gasteiger partial charge on any atom is -0.493 e. The number of hydrogen-bond donors (Lipinski definition) is 1. The van der Waals surface area contributed by atoms with Crippen LogP contribution < -0.4 is 19.6 Å². The van der Waals surface area contributed by atoms with E-state index in [0.29, 0.717) is 17.2 Å². The zero-order chi connectivity index (χ0) is 18.2. The third-order valence-electron chi connectivity index (χ3n) is 3.32. The molecule has 0 aliphatic carbocycles. The molecule has 2 aromatic carbocycles. The van der Waals surface area contributed by atoms with Crippen LogP contribution >= 0.6 is 0 Å². The lowest BCUT2D eigenvalue weighted by atomic mass is 10.1. The maximum Gasteiger partial charge on any atom is 0.277 e. The highest BCUT2D eigenvalue weighted by molar-refractivity contribution is 5.99. The van der Waals surface area contributed by atoms with Crippen LogP contribution in [0.5, 0.6) is 17.2 Å². The second kappa shape index (κ2) is 8.68. The number of carbonyl (C=O) groups excluding carboxylic acids is 1. The number of rotatable bonds is 7.